The molecule has 1 aliphatic rings. The Morgan fingerprint density at radius 3 is 2.84 bits per heavy atom. The molecule has 0 spiro atoms. The van der Waals surface area contributed by atoms with E-state index in [4.69, 9.17) is 23.2 Å². The van der Waals surface area contributed by atoms with Crippen LogP contribution in [0.15, 0.2) is 27.9 Å². The predicted octanol–water partition coefficient (Wildman–Crippen LogP) is 5.54. The number of carbonyl (C=O) groups is 1. The van der Waals surface area contributed by atoms with E-state index in [2.05, 4.69) is 11.9 Å². The van der Waals surface area contributed by atoms with Crippen LogP contribution in [0.4, 0.5) is 0 Å². The zero-order chi connectivity index (χ0) is 17.8. The van der Waals surface area contributed by atoms with Gasteiger partial charge in [0.1, 0.15) is 4.34 Å². The molecule has 3 rings (SSSR count). The lowest BCUT2D eigenvalue weighted by Crippen LogP contribution is -2.38. The first-order valence-electron chi connectivity index (χ1n) is 8.30. The quantitative estimate of drug-likeness (QED) is 0.601. The Balaban J connectivity index is 1.52. The molecule has 0 saturated carbocycles. The molecule has 1 saturated heterocycles. The fraction of sp³-hybridized carbons (Fsp3) is 0.444. The van der Waals surface area contributed by atoms with Gasteiger partial charge in [-0.25, -0.2) is 4.98 Å². The molecule has 7 heteroatoms. The first-order valence-corrected chi connectivity index (χ1v) is 10.9. The highest BCUT2D eigenvalue weighted by Gasteiger charge is 2.21. The number of thiazole rings is 1. The molecule has 1 aromatic carbocycles. The minimum absolute atomic E-state index is 0.189. The maximum Gasteiger partial charge on any atom is 0.228 e. The van der Waals surface area contributed by atoms with Gasteiger partial charge in [0.2, 0.25) is 5.91 Å². The molecule has 1 amide bonds. The van der Waals surface area contributed by atoms with E-state index < -0.39 is 0 Å². The van der Waals surface area contributed by atoms with Crippen molar-refractivity contribution in [1.29, 1.82) is 0 Å². The van der Waals surface area contributed by atoms with Crippen molar-refractivity contribution >= 4 is 52.2 Å². The third-order valence-electron chi connectivity index (χ3n) is 4.37. The molecule has 0 radical (unpaired) electrons. The van der Waals surface area contributed by atoms with Crippen LogP contribution in [0.2, 0.25) is 10.0 Å². The molecular weight excluding hydrogens is 395 g/mol. The first kappa shape index (κ1) is 19.0. The highest BCUT2D eigenvalue weighted by Crippen LogP contribution is 2.30. The van der Waals surface area contributed by atoms with Crippen LogP contribution >= 0.6 is 46.3 Å². The zero-order valence-corrected chi connectivity index (χ0v) is 17.1. The molecule has 2 heterocycles. The number of hydrogen-bond acceptors (Lipinski definition) is 4. The van der Waals surface area contributed by atoms with Crippen LogP contribution in [0.1, 0.15) is 31.0 Å². The van der Waals surface area contributed by atoms with E-state index in [0.717, 1.165) is 53.2 Å². The average Bonchev–Trinajstić information content (AvgIpc) is 3.02. The average molecular weight is 415 g/mol. The largest absolute Gasteiger partial charge is 0.342 e. The first-order chi connectivity index (χ1) is 12.0. The summed E-state index contributed by atoms with van der Waals surface area (Å²) in [6, 6.07) is 5.53. The number of amides is 1. The van der Waals surface area contributed by atoms with Crippen molar-refractivity contribution in [2.75, 3.05) is 13.1 Å². The molecule has 25 heavy (non-hydrogen) atoms. The van der Waals surface area contributed by atoms with Gasteiger partial charge in [0, 0.05) is 34.3 Å². The van der Waals surface area contributed by atoms with Crippen molar-refractivity contribution in [3.63, 3.8) is 0 Å². The van der Waals surface area contributed by atoms with Gasteiger partial charge in [0.05, 0.1) is 12.1 Å². The standard InChI is InChI=1S/C18H20Cl2N2OS2/c1-12-4-6-22(7-5-12)17(23)9-15-11-25-18(21-15)24-10-13-2-3-14(19)8-16(13)20/h2-3,8,11-12H,4-7,9-10H2,1H3. The van der Waals surface area contributed by atoms with Crippen LogP contribution in [0.3, 0.4) is 0 Å². The van der Waals surface area contributed by atoms with E-state index in [0.29, 0.717) is 16.5 Å². The van der Waals surface area contributed by atoms with Crippen molar-refractivity contribution in [3.05, 3.63) is 44.9 Å². The number of rotatable bonds is 5. The summed E-state index contributed by atoms with van der Waals surface area (Å²) in [5.74, 6) is 1.65. The maximum atomic E-state index is 12.4. The van der Waals surface area contributed by atoms with Crippen LogP contribution in [0.25, 0.3) is 0 Å². The third-order valence-corrected chi connectivity index (χ3v) is 7.07. The minimum atomic E-state index is 0.189. The molecule has 0 unspecified atom stereocenters. The number of thioether (sulfide) groups is 1. The van der Waals surface area contributed by atoms with Crippen molar-refractivity contribution in [1.82, 2.24) is 9.88 Å². The Hall–Kier alpha value is -0.750. The zero-order valence-electron chi connectivity index (χ0n) is 14.0. The van der Waals surface area contributed by atoms with E-state index in [1.54, 1.807) is 29.2 Å². The summed E-state index contributed by atoms with van der Waals surface area (Å²) in [6.07, 6.45) is 2.60. The molecule has 1 fully saturated rings. The van der Waals surface area contributed by atoms with Crippen molar-refractivity contribution in [2.45, 2.75) is 36.3 Å². The summed E-state index contributed by atoms with van der Waals surface area (Å²) in [4.78, 5) is 19.0. The summed E-state index contributed by atoms with van der Waals surface area (Å²) < 4.78 is 0.959. The molecule has 1 aliphatic heterocycles. The van der Waals surface area contributed by atoms with Gasteiger partial charge in [-0.05, 0) is 36.5 Å². The van der Waals surface area contributed by atoms with Crippen LogP contribution in [0, 0.1) is 5.92 Å². The monoisotopic (exact) mass is 414 g/mol. The molecule has 134 valence electrons. The third kappa shape index (κ3) is 5.36. The van der Waals surface area contributed by atoms with Gasteiger partial charge in [-0.1, -0.05) is 48.0 Å². The summed E-state index contributed by atoms with van der Waals surface area (Å²) in [5.41, 5.74) is 1.89. The molecule has 0 N–H and O–H groups in total. The lowest BCUT2D eigenvalue weighted by atomic mass is 9.99. The van der Waals surface area contributed by atoms with Gasteiger partial charge in [-0.15, -0.1) is 11.3 Å². The van der Waals surface area contributed by atoms with Crippen LogP contribution in [0.5, 0.6) is 0 Å². The summed E-state index contributed by atoms with van der Waals surface area (Å²) in [7, 11) is 0. The van der Waals surface area contributed by atoms with Crippen LogP contribution in [-0.2, 0) is 17.0 Å². The molecule has 0 atom stereocenters. The highest BCUT2D eigenvalue weighted by molar-refractivity contribution is 8.00. The van der Waals surface area contributed by atoms with Gasteiger partial charge in [-0.3, -0.25) is 4.79 Å². The van der Waals surface area contributed by atoms with Crippen LogP contribution in [-0.4, -0.2) is 28.9 Å². The molecule has 1 aromatic heterocycles. The Bertz CT molecular complexity index is 742. The number of nitrogens with zero attached hydrogens (tertiary/aromatic N) is 2. The minimum Gasteiger partial charge on any atom is -0.342 e. The number of halogens is 2. The lowest BCUT2D eigenvalue weighted by molar-refractivity contribution is -0.131. The predicted molar refractivity (Wildman–Crippen MR) is 107 cm³/mol. The van der Waals surface area contributed by atoms with Gasteiger partial charge in [0.25, 0.3) is 0 Å². The second kappa shape index (κ2) is 8.76. The fourth-order valence-electron chi connectivity index (χ4n) is 2.74. The Morgan fingerprint density at radius 2 is 2.12 bits per heavy atom. The van der Waals surface area contributed by atoms with Crippen molar-refractivity contribution in [2.24, 2.45) is 5.92 Å². The number of aromatic nitrogens is 1. The molecule has 2 aromatic rings. The van der Waals surface area contributed by atoms with E-state index >= 15 is 0 Å². The Labute approximate surface area is 166 Å². The molecule has 0 aliphatic carbocycles. The second-order valence-corrected chi connectivity index (χ2v) is 9.29. The smallest absolute Gasteiger partial charge is 0.228 e. The number of likely N-dealkylation sites (tertiary alicyclic amines) is 1. The molecule has 3 nitrogen and oxygen atoms in total. The summed E-state index contributed by atoms with van der Waals surface area (Å²) in [5, 5.41) is 3.29. The highest BCUT2D eigenvalue weighted by atomic mass is 35.5. The summed E-state index contributed by atoms with van der Waals surface area (Å²) in [6.45, 7) is 4.00. The van der Waals surface area contributed by atoms with E-state index in [-0.39, 0.29) is 5.91 Å². The van der Waals surface area contributed by atoms with Gasteiger partial charge in [0.15, 0.2) is 0 Å². The van der Waals surface area contributed by atoms with Crippen molar-refractivity contribution < 1.29 is 4.79 Å². The van der Waals surface area contributed by atoms with E-state index in [1.807, 2.05) is 22.4 Å². The SMILES string of the molecule is CC1CCN(C(=O)Cc2csc(SCc3ccc(Cl)cc3Cl)n2)CC1. The van der Waals surface area contributed by atoms with Crippen LogP contribution < -0.4 is 0 Å². The van der Waals surface area contributed by atoms with Gasteiger partial charge >= 0.3 is 0 Å². The lowest BCUT2D eigenvalue weighted by Gasteiger charge is -2.30. The molecule has 0 bridgehead atoms. The fourth-order valence-corrected chi connectivity index (χ4v) is 5.14. The van der Waals surface area contributed by atoms with E-state index in [1.165, 1.54) is 0 Å². The summed E-state index contributed by atoms with van der Waals surface area (Å²) >= 11 is 15.3. The normalized spacial score (nSPS) is 15.6. The van der Waals surface area contributed by atoms with Gasteiger partial charge in [-0.2, -0.15) is 0 Å². The maximum absolute atomic E-state index is 12.4. The number of hydrogen-bond donors (Lipinski definition) is 0. The Kier molecular flexibility index (Phi) is 6.67. The van der Waals surface area contributed by atoms with Gasteiger partial charge < -0.3 is 4.90 Å². The molecular formula is C18H20Cl2N2OS2. The Morgan fingerprint density at radius 1 is 1.36 bits per heavy atom. The number of benzene rings is 1. The van der Waals surface area contributed by atoms with Crippen molar-refractivity contribution in [3.8, 4) is 0 Å². The van der Waals surface area contributed by atoms with E-state index in [9.17, 15) is 4.79 Å². The second-order valence-electron chi connectivity index (χ2n) is 6.37. The topological polar surface area (TPSA) is 33.2 Å². The number of carbonyl (C=O) groups excluding carboxylic acids is 1. The number of piperidine rings is 1.